The van der Waals surface area contributed by atoms with Gasteiger partial charge in [-0.15, -0.1) is 10.2 Å². The Morgan fingerprint density at radius 3 is 2.58 bits per heavy atom. The molecule has 0 aliphatic rings. The number of hydrogen-bond acceptors (Lipinski definition) is 5. The zero-order valence-electron chi connectivity index (χ0n) is 14.6. The van der Waals surface area contributed by atoms with Crippen molar-refractivity contribution < 1.29 is 4.42 Å². The fraction of sp³-hybridized carbons (Fsp3) is 0.150. The molecule has 2 heterocycles. The van der Waals surface area contributed by atoms with Crippen molar-refractivity contribution in [2.45, 2.75) is 17.8 Å². The summed E-state index contributed by atoms with van der Waals surface area (Å²) in [6, 6.07) is 18.1. The van der Waals surface area contributed by atoms with Gasteiger partial charge in [-0.05, 0) is 24.6 Å². The van der Waals surface area contributed by atoms with Crippen molar-refractivity contribution in [1.29, 1.82) is 0 Å². The van der Waals surface area contributed by atoms with E-state index in [1.165, 1.54) is 5.56 Å². The van der Waals surface area contributed by atoms with Gasteiger partial charge in [0.1, 0.15) is 6.26 Å². The summed E-state index contributed by atoms with van der Waals surface area (Å²) in [5.41, 5.74) is 4.14. The molecule has 0 N–H and O–H groups in total. The van der Waals surface area contributed by atoms with Gasteiger partial charge in [0.2, 0.25) is 5.89 Å². The van der Waals surface area contributed by atoms with Crippen LogP contribution >= 0.6 is 11.8 Å². The van der Waals surface area contributed by atoms with Crippen molar-refractivity contribution in [1.82, 2.24) is 19.7 Å². The number of nitrogens with zero attached hydrogens (tertiary/aromatic N) is 4. The molecule has 4 rings (SSSR count). The molecular formula is C20H18N4OS. The van der Waals surface area contributed by atoms with Crippen LogP contribution in [-0.2, 0) is 12.8 Å². The molecule has 130 valence electrons. The summed E-state index contributed by atoms with van der Waals surface area (Å²) in [7, 11) is 1.99. The molecule has 26 heavy (non-hydrogen) atoms. The van der Waals surface area contributed by atoms with Crippen LogP contribution in [0.4, 0.5) is 0 Å². The summed E-state index contributed by atoms with van der Waals surface area (Å²) in [5, 5.41) is 9.55. The standard InChI is InChI=1S/C20H18N4OS/c1-14-8-6-7-11-17(14)18-22-23-20(24(18)2)26-13-16-12-25-19(21-16)15-9-4-3-5-10-15/h3-12H,13H2,1-2H3. The van der Waals surface area contributed by atoms with E-state index in [4.69, 9.17) is 4.42 Å². The number of rotatable bonds is 5. The number of benzene rings is 2. The first kappa shape index (κ1) is 16.6. The molecule has 2 aromatic heterocycles. The van der Waals surface area contributed by atoms with Gasteiger partial charge in [-0.3, -0.25) is 0 Å². The highest BCUT2D eigenvalue weighted by atomic mass is 32.2. The summed E-state index contributed by atoms with van der Waals surface area (Å²) < 4.78 is 7.61. The molecule has 0 atom stereocenters. The lowest BCUT2D eigenvalue weighted by atomic mass is 10.1. The van der Waals surface area contributed by atoms with Gasteiger partial charge in [0.05, 0.1) is 5.69 Å². The Labute approximate surface area is 156 Å². The van der Waals surface area contributed by atoms with Crippen molar-refractivity contribution in [3.8, 4) is 22.8 Å². The SMILES string of the molecule is Cc1ccccc1-c1nnc(SCc2coc(-c3ccccc3)n2)n1C. The number of thioether (sulfide) groups is 1. The van der Waals surface area contributed by atoms with Crippen molar-refractivity contribution in [3.05, 3.63) is 72.1 Å². The molecule has 0 saturated heterocycles. The van der Waals surface area contributed by atoms with E-state index in [2.05, 4.69) is 34.2 Å². The van der Waals surface area contributed by atoms with E-state index >= 15 is 0 Å². The first-order chi connectivity index (χ1) is 12.7. The number of oxazole rings is 1. The monoisotopic (exact) mass is 362 g/mol. The first-order valence-corrected chi connectivity index (χ1v) is 9.29. The van der Waals surface area contributed by atoms with E-state index in [0.717, 1.165) is 27.8 Å². The van der Waals surface area contributed by atoms with Crippen molar-refractivity contribution >= 4 is 11.8 Å². The third kappa shape index (κ3) is 3.28. The Bertz CT molecular complexity index is 1020. The lowest BCUT2D eigenvalue weighted by Crippen LogP contribution is -1.96. The average Bonchev–Trinajstić information content (AvgIpc) is 3.28. The summed E-state index contributed by atoms with van der Waals surface area (Å²) in [6.07, 6.45) is 1.70. The smallest absolute Gasteiger partial charge is 0.226 e. The Kier molecular flexibility index (Phi) is 4.58. The van der Waals surface area contributed by atoms with Crippen molar-refractivity contribution in [2.75, 3.05) is 0 Å². The minimum atomic E-state index is 0.639. The summed E-state index contributed by atoms with van der Waals surface area (Å²) in [5.74, 6) is 2.19. The molecule has 5 nitrogen and oxygen atoms in total. The maximum atomic E-state index is 5.59. The van der Waals surface area contributed by atoms with E-state index in [9.17, 15) is 0 Å². The van der Waals surface area contributed by atoms with E-state index in [0.29, 0.717) is 11.6 Å². The van der Waals surface area contributed by atoms with E-state index in [1.807, 2.05) is 54.1 Å². The second-order valence-electron chi connectivity index (χ2n) is 5.98. The highest BCUT2D eigenvalue weighted by molar-refractivity contribution is 7.98. The zero-order valence-corrected chi connectivity index (χ0v) is 15.4. The normalized spacial score (nSPS) is 11.0. The van der Waals surface area contributed by atoms with Gasteiger partial charge in [0, 0.05) is 23.9 Å². The lowest BCUT2D eigenvalue weighted by Gasteiger charge is -2.05. The Balaban J connectivity index is 1.50. The molecule has 0 amide bonds. The second kappa shape index (κ2) is 7.17. The fourth-order valence-corrected chi connectivity index (χ4v) is 3.51. The van der Waals surface area contributed by atoms with Crippen LogP contribution in [0.5, 0.6) is 0 Å². The van der Waals surface area contributed by atoms with Crippen molar-refractivity contribution in [2.24, 2.45) is 7.05 Å². The molecule has 6 heteroatoms. The van der Waals surface area contributed by atoms with Gasteiger partial charge in [-0.1, -0.05) is 54.2 Å². The highest BCUT2D eigenvalue weighted by Crippen LogP contribution is 2.27. The van der Waals surface area contributed by atoms with Crippen LogP contribution in [0.3, 0.4) is 0 Å². The molecule has 0 aliphatic heterocycles. The van der Waals surface area contributed by atoms with Crippen LogP contribution in [-0.4, -0.2) is 19.7 Å². The van der Waals surface area contributed by atoms with E-state index in [-0.39, 0.29) is 0 Å². The molecule has 0 unspecified atom stereocenters. The van der Waals surface area contributed by atoms with E-state index < -0.39 is 0 Å². The van der Waals surface area contributed by atoms with Gasteiger partial charge in [0.15, 0.2) is 11.0 Å². The molecule has 0 radical (unpaired) electrons. The van der Waals surface area contributed by atoms with E-state index in [1.54, 1.807) is 18.0 Å². The second-order valence-corrected chi connectivity index (χ2v) is 6.92. The van der Waals surface area contributed by atoms with Gasteiger partial charge < -0.3 is 8.98 Å². The fourth-order valence-electron chi connectivity index (χ4n) is 2.72. The van der Waals surface area contributed by atoms with Crippen LogP contribution in [0.1, 0.15) is 11.3 Å². The summed E-state index contributed by atoms with van der Waals surface area (Å²) >= 11 is 1.60. The largest absolute Gasteiger partial charge is 0.444 e. The zero-order chi connectivity index (χ0) is 17.9. The maximum Gasteiger partial charge on any atom is 0.226 e. The molecule has 0 aliphatic carbocycles. The average molecular weight is 362 g/mol. The number of hydrogen-bond donors (Lipinski definition) is 0. The van der Waals surface area contributed by atoms with Gasteiger partial charge >= 0.3 is 0 Å². The quantitative estimate of drug-likeness (QED) is 0.480. The molecule has 4 aromatic rings. The summed E-state index contributed by atoms with van der Waals surface area (Å²) in [6.45, 7) is 2.08. The van der Waals surface area contributed by atoms with Crippen LogP contribution in [0, 0.1) is 6.92 Å². The van der Waals surface area contributed by atoms with Crippen molar-refractivity contribution in [3.63, 3.8) is 0 Å². The Morgan fingerprint density at radius 1 is 1.00 bits per heavy atom. The molecule has 2 aromatic carbocycles. The lowest BCUT2D eigenvalue weighted by molar-refractivity contribution is 0.573. The third-order valence-electron chi connectivity index (χ3n) is 4.14. The van der Waals surface area contributed by atoms with Gasteiger partial charge in [-0.2, -0.15) is 0 Å². The first-order valence-electron chi connectivity index (χ1n) is 8.30. The van der Waals surface area contributed by atoms with Crippen LogP contribution in [0.25, 0.3) is 22.8 Å². The minimum absolute atomic E-state index is 0.639. The molecule has 0 fully saturated rings. The maximum absolute atomic E-state index is 5.59. The van der Waals surface area contributed by atoms with Gasteiger partial charge in [0.25, 0.3) is 0 Å². The van der Waals surface area contributed by atoms with Crippen LogP contribution < -0.4 is 0 Å². The van der Waals surface area contributed by atoms with Crippen LogP contribution in [0.15, 0.2) is 70.4 Å². The highest BCUT2D eigenvalue weighted by Gasteiger charge is 2.14. The predicted molar refractivity (Wildman–Crippen MR) is 103 cm³/mol. The third-order valence-corrected chi connectivity index (χ3v) is 5.20. The molecule has 0 spiro atoms. The Hall–Kier alpha value is -2.86. The molecule has 0 bridgehead atoms. The molecule has 0 saturated carbocycles. The van der Waals surface area contributed by atoms with Gasteiger partial charge in [-0.25, -0.2) is 4.98 Å². The summed E-state index contributed by atoms with van der Waals surface area (Å²) in [4.78, 5) is 4.56. The topological polar surface area (TPSA) is 56.7 Å². The van der Waals surface area contributed by atoms with Crippen LogP contribution in [0.2, 0.25) is 0 Å². The molecular weight excluding hydrogens is 344 g/mol. The number of aromatic nitrogens is 4. The number of aryl methyl sites for hydroxylation is 1. The predicted octanol–water partition coefficient (Wildman–Crippen LogP) is 4.74. The minimum Gasteiger partial charge on any atom is -0.444 e. The Morgan fingerprint density at radius 2 is 1.77 bits per heavy atom.